The molecule has 0 aliphatic heterocycles. The van der Waals surface area contributed by atoms with Crippen LogP contribution in [0.25, 0.3) is 0 Å². The van der Waals surface area contributed by atoms with Crippen LogP contribution in [0.3, 0.4) is 0 Å². The molecule has 0 bridgehead atoms. The molecule has 0 atom stereocenters. The van der Waals surface area contributed by atoms with Gasteiger partial charge in [-0.3, -0.25) is 0 Å². The molecule has 16 heavy (non-hydrogen) atoms. The van der Waals surface area contributed by atoms with Crippen molar-refractivity contribution < 1.29 is 21.6 Å². The number of nitrogen functional groups attached to an aromatic ring is 1. The highest BCUT2D eigenvalue weighted by Crippen LogP contribution is 2.37. The van der Waals surface area contributed by atoms with Gasteiger partial charge in [0.2, 0.25) is 10.0 Å². The van der Waals surface area contributed by atoms with Gasteiger partial charge >= 0.3 is 6.18 Å². The zero-order valence-electron chi connectivity index (χ0n) is 7.55. The maximum atomic E-state index is 12.4. The summed E-state index contributed by atoms with van der Waals surface area (Å²) in [5, 5.41) is 4.02. The van der Waals surface area contributed by atoms with E-state index in [0.717, 1.165) is 0 Å². The summed E-state index contributed by atoms with van der Waals surface area (Å²) in [6.07, 6.45) is -4.77. The molecule has 0 fully saturated rings. The lowest BCUT2D eigenvalue weighted by atomic mass is 10.2. The smallest absolute Gasteiger partial charge is 0.398 e. The van der Waals surface area contributed by atoms with E-state index in [4.69, 9.17) is 22.5 Å². The van der Waals surface area contributed by atoms with Crippen molar-refractivity contribution in [3.05, 3.63) is 22.7 Å². The molecule has 1 rings (SSSR count). The Balaban J connectivity index is 3.58. The summed E-state index contributed by atoms with van der Waals surface area (Å²) in [5.74, 6) is 0. The van der Waals surface area contributed by atoms with Crippen LogP contribution in [0.15, 0.2) is 17.0 Å². The van der Waals surface area contributed by atoms with Gasteiger partial charge in [-0.05, 0) is 12.1 Å². The van der Waals surface area contributed by atoms with E-state index < -0.39 is 37.4 Å². The summed E-state index contributed by atoms with van der Waals surface area (Å²) in [6.45, 7) is 0. The van der Waals surface area contributed by atoms with Gasteiger partial charge in [-0.15, -0.1) is 0 Å². The SMILES string of the molecule is Nc1cc(Cl)c(C(F)(F)F)cc1S(N)(=O)=O. The van der Waals surface area contributed by atoms with Crippen LogP contribution in [0, 0.1) is 0 Å². The Morgan fingerprint density at radius 2 is 1.75 bits per heavy atom. The minimum atomic E-state index is -4.77. The Kier molecular flexibility index (Phi) is 3.10. The zero-order chi connectivity index (χ0) is 12.7. The van der Waals surface area contributed by atoms with Crippen molar-refractivity contribution in [3.8, 4) is 0 Å². The Labute approximate surface area is 94.0 Å². The van der Waals surface area contributed by atoms with Crippen LogP contribution in [0.4, 0.5) is 18.9 Å². The standard InChI is InChI=1S/C7H6ClF3N2O2S/c8-4-2-5(12)6(16(13,14)15)1-3(4)7(9,10)11/h1-2H,12H2,(H2,13,14,15). The molecular formula is C7H6ClF3N2O2S. The van der Waals surface area contributed by atoms with E-state index in [1.807, 2.05) is 0 Å². The third-order valence-electron chi connectivity index (χ3n) is 1.71. The maximum Gasteiger partial charge on any atom is 0.417 e. The van der Waals surface area contributed by atoms with Gasteiger partial charge in [0.1, 0.15) is 4.90 Å². The number of hydrogen-bond donors (Lipinski definition) is 2. The van der Waals surface area contributed by atoms with Gasteiger partial charge < -0.3 is 5.73 Å². The fourth-order valence-corrected chi connectivity index (χ4v) is 1.98. The normalized spacial score (nSPS) is 12.8. The monoisotopic (exact) mass is 274 g/mol. The van der Waals surface area contributed by atoms with E-state index in [1.165, 1.54) is 0 Å². The van der Waals surface area contributed by atoms with Crippen molar-refractivity contribution in [2.24, 2.45) is 5.14 Å². The number of nitrogens with two attached hydrogens (primary N) is 2. The number of sulfonamides is 1. The molecule has 1 aromatic carbocycles. The van der Waals surface area contributed by atoms with Crippen LogP contribution >= 0.6 is 11.6 Å². The Hall–Kier alpha value is -0.990. The van der Waals surface area contributed by atoms with Gasteiger partial charge in [-0.2, -0.15) is 13.2 Å². The lowest BCUT2D eigenvalue weighted by molar-refractivity contribution is -0.137. The van der Waals surface area contributed by atoms with Gasteiger partial charge in [-0.1, -0.05) is 11.6 Å². The predicted molar refractivity (Wildman–Crippen MR) is 52.2 cm³/mol. The second-order valence-corrected chi connectivity index (χ2v) is 4.85. The van der Waals surface area contributed by atoms with Crippen molar-refractivity contribution in [1.29, 1.82) is 0 Å². The number of primary sulfonamides is 1. The van der Waals surface area contributed by atoms with Crippen molar-refractivity contribution in [3.63, 3.8) is 0 Å². The van der Waals surface area contributed by atoms with Crippen LogP contribution in [-0.4, -0.2) is 8.42 Å². The summed E-state index contributed by atoms with van der Waals surface area (Å²) in [7, 11) is -4.32. The minimum absolute atomic E-state index is 0.312. The fourth-order valence-electron chi connectivity index (χ4n) is 1.03. The van der Waals surface area contributed by atoms with Crippen molar-refractivity contribution in [2.45, 2.75) is 11.1 Å². The maximum absolute atomic E-state index is 12.4. The van der Waals surface area contributed by atoms with Gasteiger partial charge in [0.25, 0.3) is 0 Å². The van der Waals surface area contributed by atoms with E-state index in [2.05, 4.69) is 0 Å². The molecule has 0 saturated heterocycles. The number of rotatable bonds is 1. The average Bonchev–Trinajstić information content (AvgIpc) is 1.97. The van der Waals surface area contributed by atoms with E-state index in [9.17, 15) is 21.6 Å². The topological polar surface area (TPSA) is 86.2 Å². The zero-order valence-corrected chi connectivity index (χ0v) is 9.12. The number of alkyl halides is 3. The summed E-state index contributed by atoms with van der Waals surface area (Å²) in [6, 6.07) is 1.01. The Morgan fingerprint density at radius 1 is 1.25 bits per heavy atom. The minimum Gasteiger partial charge on any atom is -0.398 e. The summed E-state index contributed by atoms with van der Waals surface area (Å²) < 4.78 is 59.0. The Morgan fingerprint density at radius 3 is 2.12 bits per heavy atom. The van der Waals surface area contributed by atoms with Gasteiger partial charge in [-0.25, -0.2) is 13.6 Å². The highest BCUT2D eigenvalue weighted by molar-refractivity contribution is 7.89. The first-order valence-electron chi connectivity index (χ1n) is 3.72. The second kappa shape index (κ2) is 3.79. The van der Waals surface area contributed by atoms with Crippen LogP contribution in [0.5, 0.6) is 0 Å². The highest BCUT2D eigenvalue weighted by atomic mass is 35.5. The molecule has 4 nitrogen and oxygen atoms in total. The van der Waals surface area contributed by atoms with Crippen molar-refractivity contribution in [2.75, 3.05) is 5.73 Å². The summed E-state index contributed by atoms with van der Waals surface area (Å²) in [5.41, 5.74) is 3.48. The quantitative estimate of drug-likeness (QED) is 0.763. The number of hydrogen-bond acceptors (Lipinski definition) is 3. The molecule has 1 aromatic rings. The first-order chi connectivity index (χ1) is 7.03. The molecule has 90 valence electrons. The third-order valence-corrected chi connectivity index (χ3v) is 2.99. The molecular weight excluding hydrogens is 269 g/mol. The number of halogens is 4. The van der Waals surface area contributed by atoms with Crippen LogP contribution in [0.1, 0.15) is 5.56 Å². The molecule has 0 aliphatic carbocycles. The molecule has 0 spiro atoms. The summed E-state index contributed by atoms with van der Waals surface area (Å²) in [4.78, 5) is -0.802. The molecule has 0 unspecified atom stereocenters. The van der Waals surface area contributed by atoms with Crippen LogP contribution in [-0.2, 0) is 16.2 Å². The first kappa shape index (κ1) is 13.1. The van der Waals surface area contributed by atoms with Gasteiger partial charge in [0.05, 0.1) is 16.3 Å². The van der Waals surface area contributed by atoms with E-state index in [0.29, 0.717) is 12.1 Å². The van der Waals surface area contributed by atoms with E-state index >= 15 is 0 Å². The average molecular weight is 275 g/mol. The molecule has 0 amide bonds. The summed E-state index contributed by atoms with van der Waals surface area (Å²) >= 11 is 5.30. The van der Waals surface area contributed by atoms with E-state index in [1.54, 1.807) is 0 Å². The van der Waals surface area contributed by atoms with Crippen LogP contribution in [0.2, 0.25) is 5.02 Å². The first-order valence-corrected chi connectivity index (χ1v) is 5.65. The Bertz CT molecular complexity index is 527. The number of benzene rings is 1. The lowest BCUT2D eigenvalue weighted by Gasteiger charge is -2.11. The van der Waals surface area contributed by atoms with Crippen molar-refractivity contribution in [1.82, 2.24) is 0 Å². The molecule has 0 aliphatic rings. The third kappa shape index (κ3) is 2.57. The molecule has 0 heterocycles. The molecule has 0 radical (unpaired) electrons. The fraction of sp³-hybridized carbons (Fsp3) is 0.143. The number of anilines is 1. The van der Waals surface area contributed by atoms with Gasteiger partial charge in [0, 0.05) is 0 Å². The molecule has 9 heteroatoms. The molecule has 0 aromatic heterocycles. The second-order valence-electron chi connectivity index (χ2n) is 2.91. The van der Waals surface area contributed by atoms with Crippen molar-refractivity contribution >= 4 is 27.3 Å². The van der Waals surface area contributed by atoms with Crippen LogP contribution < -0.4 is 10.9 Å². The largest absolute Gasteiger partial charge is 0.417 e. The van der Waals surface area contributed by atoms with Gasteiger partial charge in [0.15, 0.2) is 0 Å². The van der Waals surface area contributed by atoms with E-state index in [-0.39, 0.29) is 0 Å². The lowest BCUT2D eigenvalue weighted by Crippen LogP contribution is -2.16. The molecule has 4 N–H and O–H groups in total. The predicted octanol–water partition coefficient (Wildman–Crippen LogP) is 1.59. The molecule has 0 saturated carbocycles. The highest BCUT2D eigenvalue weighted by Gasteiger charge is 2.35.